The maximum absolute atomic E-state index is 11.5. The molecule has 0 radical (unpaired) electrons. The van der Waals surface area contributed by atoms with E-state index < -0.39 is 10.0 Å². The van der Waals surface area contributed by atoms with E-state index in [1.807, 2.05) is 12.1 Å². The van der Waals surface area contributed by atoms with Gasteiger partial charge in [0.15, 0.2) is 5.13 Å². The fraction of sp³-hybridized carbons (Fsp3) is 0.533. The van der Waals surface area contributed by atoms with Gasteiger partial charge in [0.2, 0.25) is 10.0 Å². The van der Waals surface area contributed by atoms with E-state index in [0.717, 1.165) is 41.1 Å². The monoisotopic (exact) mass is 417 g/mol. The Morgan fingerprint density at radius 1 is 1.39 bits per heavy atom. The molecule has 0 N–H and O–H groups in total. The number of sulfonamides is 1. The summed E-state index contributed by atoms with van der Waals surface area (Å²) in [5.41, 5.74) is 1.03. The molecule has 0 unspecified atom stereocenters. The highest BCUT2D eigenvalue weighted by atomic mass is 79.9. The van der Waals surface area contributed by atoms with E-state index in [1.54, 1.807) is 18.4 Å². The van der Waals surface area contributed by atoms with Crippen molar-refractivity contribution in [3.8, 4) is 0 Å². The minimum absolute atomic E-state index is 0.425. The largest absolute Gasteiger partial charge is 0.348 e. The average Bonchev–Trinajstić information content (AvgIpc) is 2.90. The molecule has 0 spiro atoms. The molecule has 2 heterocycles. The zero-order valence-corrected chi connectivity index (χ0v) is 16.4. The third kappa shape index (κ3) is 4.04. The number of anilines is 1. The summed E-state index contributed by atoms with van der Waals surface area (Å²) >= 11 is 5.21. The van der Waals surface area contributed by atoms with Gasteiger partial charge >= 0.3 is 0 Å². The molecule has 2 aromatic rings. The molecule has 0 bridgehead atoms. The van der Waals surface area contributed by atoms with Crippen LogP contribution in [-0.4, -0.2) is 50.6 Å². The lowest BCUT2D eigenvalue weighted by molar-refractivity contribution is 0.329. The van der Waals surface area contributed by atoms with Crippen LogP contribution in [0.15, 0.2) is 22.7 Å². The minimum Gasteiger partial charge on any atom is -0.348 e. The Morgan fingerprint density at radius 3 is 2.74 bits per heavy atom. The molecule has 0 atom stereocenters. The molecule has 3 rings (SSSR count). The molecular weight excluding hydrogens is 398 g/mol. The van der Waals surface area contributed by atoms with Crippen LogP contribution in [0.1, 0.15) is 12.8 Å². The number of aromatic nitrogens is 1. The molecule has 23 heavy (non-hydrogen) atoms. The Balaban J connectivity index is 1.64. The van der Waals surface area contributed by atoms with Gasteiger partial charge in [0, 0.05) is 31.2 Å². The average molecular weight is 418 g/mol. The molecule has 0 aliphatic carbocycles. The number of thiazole rings is 1. The molecule has 1 aliphatic heterocycles. The first-order valence-corrected chi connectivity index (χ1v) is 11.0. The topological polar surface area (TPSA) is 53.5 Å². The van der Waals surface area contributed by atoms with Crippen LogP contribution in [0.3, 0.4) is 0 Å². The first kappa shape index (κ1) is 17.1. The lowest BCUT2D eigenvalue weighted by Crippen LogP contribution is -2.39. The van der Waals surface area contributed by atoms with Crippen LogP contribution in [0.5, 0.6) is 0 Å². The summed E-state index contributed by atoms with van der Waals surface area (Å²) in [6.45, 7) is 2.48. The summed E-state index contributed by atoms with van der Waals surface area (Å²) in [7, 11) is -1.42. The highest BCUT2D eigenvalue weighted by molar-refractivity contribution is 9.10. The van der Waals surface area contributed by atoms with Crippen molar-refractivity contribution >= 4 is 52.6 Å². The Morgan fingerprint density at radius 2 is 2.09 bits per heavy atom. The summed E-state index contributed by atoms with van der Waals surface area (Å²) < 4.78 is 26.8. The Bertz CT molecular complexity index is 798. The molecule has 0 amide bonds. The highest BCUT2D eigenvalue weighted by Crippen LogP contribution is 2.33. The first-order chi connectivity index (χ1) is 10.8. The van der Waals surface area contributed by atoms with Crippen molar-refractivity contribution in [3.05, 3.63) is 22.7 Å². The summed E-state index contributed by atoms with van der Waals surface area (Å²) in [5.74, 6) is 0.425. The van der Waals surface area contributed by atoms with Crippen LogP contribution < -0.4 is 4.90 Å². The van der Waals surface area contributed by atoms with Crippen LogP contribution in [-0.2, 0) is 10.0 Å². The summed E-state index contributed by atoms with van der Waals surface area (Å²) in [5, 5.41) is 1.06. The number of piperidine rings is 1. The highest BCUT2D eigenvalue weighted by Gasteiger charge is 2.24. The van der Waals surface area contributed by atoms with Crippen LogP contribution in [0, 0.1) is 5.92 Å². The summed E-state index contributed by atoms with van der Waals surface area (Å²) in [6.07, 6.45) is 3.26. The zero-order valence-electron chi connectivity index (χ0n) is 13.2. The van der Waals surface area contributed by atoms with Gasteiger partial charge in [-0.15, -0.1) is 0 Å². The third-order valence-electron chi connectivity index (χ3n) is 4.31. The lowest BCUT2D eigenvalue weighted by atomic mass is 9.97. The standard InChI is InChI=1S/C15H20BrN3O2S2/c1-18(23(2,20)21)10-11-5-7-19(8-6-11)15-17-13-4-3-12(16)9-14(13)22-15/h3-4,9,11H,5-8,10H2,1-2H3. The second-order valence-corrected chi connectivity index (χ2v) is 10.1. The lowest BCUT2D eigenvalue weighted by Gasteiger charge is -2.33. The number of halogens is 1. The van der Waals surface area contributed by atoms with Crippen molar-refractivity contribution in [1.29, 1.82) is 0 Å². The Hall–Kier alpha value is -0.700. The van der Waals surface area contributed by atoms with Gasteiger partial charge in [-0.2, -0.15) is 0 Å². The molecule has 1 aromatic carbocycles. The molecule has 1 aliphatic rings. The van der Waals surface area contributed by atoms with Gasteiger partial charge < -0.3 is 4.90 Å². The summed E-state index contributed by atoms with van der Waals surface area (Å²) in [6, 6.07) is 6.15. The molecule has 126 valence electrons. The molecule has 0 saturated carbocycles. The zero-order chi connectivity index (χ0) is 16.6. The van der Waals surface area contributed by atoms with Crippen LogP contribution in [0.25, 0.3) is 10.2 Å². The molecule has 1 saturated heterocycles. The number of nitrogens with zero attached hydrogens (tertiary/aromatic N) is 3. The number of benzene rings is 1. The maximum atomic E-state index is 11.5. The first-order valence-electron chi connectivity index (χ1n) is 7.55. The quantitative estimate of drug-likeness (QED) is 0.766. The maximum Gasteiger partial charge on any atom is 0.210 e. The predicted octanol–water partition coefficient (Wildman–Crippen LogP) is 3.17. The predicted molar refractivity (Wildman–Crippen MR) is 99.7 cm³/mol. The Kier molecular flexibility index (Phi) is 4.96. The smallest absolute Gasteiger partial charge is 0.210 e. The van der Waals surface area contributed by atoms with Gasteiger partial charge in [-0.25, -0.2) is 17.7 Å². The van der Waals surface area contributed by atoms with Crippen molar-refractivity contribution in [2.75, 3.05) is 37.8 Å². The normalized spacial score (nSPS) is 17.3. The van der Waals surface area contributed by atoms with Crippen molar-refractivity contribution in [3.63, 3.8) is 0 Å². The van der Waals surface area contributed by atoms with E-state index in [1.165, 1.54) is 15.3 Å². The van der Waals surface area contributed by atoms with Gasteiger partial charge in [-0.1, -0.05) is 27.3 Å². The SMILES string of the molecule is CN(CC1CCN(c2nc3ccc(Br)cc3s2)CC1)S(C)(=O)=O. The van der Waals surface area contributed by atoms with Crippen molar-refractivity contribution in [2.45, 2.75) is 12.8 Å². The van der Waals surface area contributed by atoms with Gasteiger partial charge in [-0.05, 0) is 37.0 Å². The van der Waals surface area contributed by atoms with E-state index in [4.69, 9.17) is 4.98 Å². The van der Waals surface area contributed by atoms with Gasteiger partial charge in [0.05, 0.1) is 16.5 Å². The van der Waals surface area contributed by atoms with Crippen molar-refractivity contribution in [1.82, 2.24) is 9.29 Å². The van der Waals surface area contributed by atoms with Crippen molar-refractivity contribution in [2.24, 2.45) is 5.92 Å². The van der Waals surface area contributed by atoms with Gasteiger partial charge in [0.25, 0.3) is 0 Å². The van der Waals surface area contributed by atoms with E-state index in [9.17, 15) is 8.42 Å². The van der Waals surface area contributed by atoms with Crippen molar-refractivity contribution < 1.29 is 8.42 Å². The van der Waals surface area contributed by atoms with Crippen LogP contribution >= 0.6 is 27.3 Å². The van der Waals surface area contributed by atoms with Gasteiger partial charge in [-0.3, -0.25) is 0 Å². The number of rotatable bonds is 4. The fourth-order valence-electron chi connectivity index (χ4n) is 2.83. The van der Waals surface area contributed by atoms with E-state index in [0.29, 0.717) is 12.5 Å². The number of hydrogen-bond donors (Lipinski definition) is 0. The van der Waals surface area contributed by atoms with Crippen LogP contribution in [0.2, 0.25) is 0 Å². The number of fused-ring (bicyclic) bond motifs is 1. The van der Waals surface area contributed by atoms with E-state index in [-0.39, 0.29) is 0 Å². The van der Waals surface area contributed by atoms with Gasteiger partial charge in [0.1, 0.15) is 0 Å². The van der Waals surface area contributed by atoms with Crippen LogP contribution in [0.4, 0.5) is 5.13 Å². The molecule has 1 aromatic heterocycles. The molecule has 8 heteroatoms. The second kappa shape index (κ2) is 6.66. The second-order valence-electron chi connectivity index (χ2n) is 6.08. The fourth-order valence-corrected chi connectivity index (χ4v) is 4.88. The third-order valence-corrected chi connectivity index (χ3v) is 7.16. The molecule has 1 fully saturated rings. The molecular formula is C15H20BrN3O2S2. The Labute approximate surface area is 149 Å². The van der Waals surface area contributed by atoms with E-state index >= 15 is 0 Å². The minimum atomic E-state index is -3.08. The summed E-state index contributed by atoms with van der Waals surface area (Å²) in [4.78, 5) is 7.04. The number of hydrogen-bond acceptors (Lipinski definition) is 5. The molecule has 5 nitrogen and oxygen atoms in total. The van der Waals surface area contributed by atoms with E-state index in [2.05, 4.69) is 26.9 Å².